The lowest BCUT2D eigenvalue weighted by Gasteiger charge is -2.42. The molecule has 0 aromatic carbocycles. The minimum absolute atomic E-state index is 0.508. The van der Waals surface area contributed by atoms with E-state index in [-0.39, 0.29) is 0 Å². The maximum atomic E-state index is 2.63. The molecule has 1 saturated heterocycles. The number of fused-ring (bicyclic) bond motifs is 1. The number of hydrogen-bond acceptors (Lipinski definition) is 1. The number of nitrogens with zero attached hydrogens (tertiary/aromatic N) is 1. The first-order valence-corrected chi connectivity index (χ1v) is 5.58. The minimum atomic E-state index is 0.508. The molecule has 74 valence electrons. The van der Waals surface area contributed by atoms with Gasteiger partial charge < -0.3 is 0 Å². The van der Waals surface area contributed by atoms with E-state index in [0.29, 0.717) is 5.54 Å². The topological polar surface area (TPSA) is 3.24 Å². The Morgan fingerprint density at radius 1 is 1.46 bits per heavy atom. The van der Waals surface area contributed by atoms with Crippen molar-refractivity contribution in [2.24, 2.45) is 5.92 Å². The summed E-state index contributed by atoms with van der Waals surface area (Å²) in [5.41, 5.74) is 0.508. The van der Waals surface area contributed by atoms with Crippen molar-refractivity contribution in [1.29, 1.82) is 0 Å². The summed E-state index contributed by atoms with van der Waals surface area (Å²) >= 11 is 0. The van der Waals surface area contributed by atoms with Gasteiger partial charge in [0.05, 0.1) is 0 Å². The number of hydrogen-bond donors (Lipinski definition) is 0. The summed E-state index contributed by atoms with van der Waals surface area (Å²) in [4.78, 5) is 2.63. The van der Waals surface area contributed by atoms with Gasteiger partial charge in [-0.25, -0.2) is 0 Å². The Labute approximate surface area is 81.8 Å². The zero-order valence-corrected chi connectivity index (χ0v) is 9.09. The standard InChI is InChI=1S/C12H21N/c1-4-12-8-6-5-7-11(12)9-10(2)13(12)3/h5-6,10-11H,4,7-9H2,1-3H3. The molecule has 2 aliphatic rings. The number of allylic oxidation sites excluding steroid dienone is 1. The van der Waals surface area contributed by atoms with E-state index in [1.165, 1.54) is 25.7 Å². The fourth-order valence-corrected chi connectivity index (χ4v) is 3.37. The van der Waals surface area contributed by atoms with Crippen molar-refractivity contribution in [1.82, 2.24) is 4.90 Å². The fraction of sp³-hybridized carbons (Fsp3) is 0.833. The molecule has 1 aliphatic heterocycles. The van der Waals surface area contributed by atoms with Gasteiger partial charge in [-0.1, -0.05) is 19.1 Å². The summed E-state index contributed by atoms with van der Waals surface area (Å²) in [5, 5.41) is 0. The van der Waals surface area contributed by atoms with E-state index in [1.54, 1.807) is 0 Å². The first-order valence-electron chi connectivity index (χ1n) is 5.58. The molecule has 0 spiro atoms. The minimum Gasteiger partial charge on any atom is -0.297 e. The van der Waals surface area contributed by atoms with Gasteiger partial charge in [0.1, 0.15) is 0 Å². The smallest absolute Gasteiger partial charge is 0.0272 e. The van der Waals surface area contributed by atoms with E-state index in [2.05, 4.69) is 37.9 Å². The molecule has 3 atom stereocenters. The van der Waals surface area contributed by atoms with Gasteiger partial charge in [0, 0.05) is 11.6 Å². The van der Waals surface area contributed by atoms with Crippen molar-refractivity contribution in [2.75, 3.05) is 7.05 Å². The van der Waals surface area contributed by atoms with E-state index in [4.69, 9.17) is 0 Å². The molecule has 0 aromatic heterocycles. The summed E-state index contributed by atoms with van der Waals surface area (Å²) in [6.07, 6.45) is 10.0. The average Bonchev–Trinajstić information content (AvgIpc) is 2.41. The fourth-order valence-electron chi connectivity index (χ4n) is 3.37. The van der Waals surface area contributed by atoms with Gasteiger partial charge in [-0.3, -0.25) is 4.90 Å². The molecule has 1 heterocycles. The van der Waals surface area contributed by atoms with Crippen LogP contribution >= 0.6 is 0 Å². The van der Waals surface area contributed by atoms with Crippen LogP contribution in [0.2, 0.25) is 0 Å². The second-order valence-electron chi connectivity index (χ2n) is 4.76. The van der Waals surface area contributed by atoms with Crippen LogP contribution in [0.1, 0.15) is 39.5 Å². The van der Waals surface area contributed by atoms with Crippen LogP contribution in [-0.2, 0) is 0 Å². The van der Waals surface area contributed by atoms with Crippen molar-refractivity contribution in [3.8, 4) is 0 Å². The highest BCUT2D eigenvalue weighted by Gasteiger charge is 2.48. The predicted octanol–water partition coefficient (Wildman–Crippen LogP) is 2.83. The summed E-state index contributed by atoms with van der Waals surface area (Å²) in [6.45, 7) is 4.72. The molecule has 1 fully saturated rings. The summed E-state index contributed by atoms with van der Waals surface area (Å²) in [6, 6.07) is 0.782. The van der Waals surface area contributed by atoms with Gasteiger partial charge in [0.2, 0.25) is 0 Å². The van der Waals surface area contributed by atoms with Gasteiger partial charge >= 0.3 is 0 Å². The number of rotatable bonds is 1. The van der Waals surface area contributed by atoms with E-state index in [9.17, 15) is 0 Å². The van der Waals surface area contributed by atoms with Crippen LogP contribution in [0.15, 0.2) is 12.2 Å². The Balaban J connectivity index is 2.29. The van der Waals surface area contributed by atoms with Gasteiger partial charge in [-0.2, -0.15) is 0 Å². The monoisotopic (exact) mass is 179 g/mol. The maximum Gasteiger partial charge on any atom is 0.0272 e. The first kappa shape index (κ1) is 9.26. The molecule has 1 heteroatoms. The molecule has 13 heavy (non-hydrogen) atoms. The van der Waals surface area contributed by atoms with E-state index >= 15 is 0 Å². The Kier molecular flexibility index (Phi) is 2.23. The van der Waals surface area contributed by atoms with Gasteiger partial charge in [0.15, 0.2) is 0 Å². The van der Waals surface area contributed by atoms with Crippen molar-refractivity contribution >= 4 is 0 Å². The molecule has 0 bridgehead atoms. The quantitative estimate of drug-likeness (QED) is 0.559. The molecule has 1 nitrogen and oxygen atoms in total. The summed E-state index contributed by atoms with van der Waals surface area (Å²) < 4.78 is 0. The zero-order chi connectivity index (χ0) is 9.47. The van der Waals surface area contributed by atoms with Gasteiger partial charge in [-0.15, -0.1) is 0 Å². The van der Waals surface area contributed by atoms with E-state index < -0.39 is 0 Å². The average molecular weight is 179 g/mol. The third-order valence-electron chi connectivity index (χ3n) is 4.42. The molecule has 1 aliphatic carbocycles. The van der Waals surface area contributed by atoms with Crippen molar-refractivity contribution in [3.63, 3.8) is 0 Å². The normalized spacial score (nSPS) is 45.2. The molecule has 0 radical (unpaired) electrons. The summed E-state index contributed by atoms with van der Waals surface area (Å²) in [5.74, 6) is 0.919. The second-order valence-corrected chi connectivity index (χ2v) is 4.76. The zero-order valence-electron chi connectivity index (χ0n) is 9.09. The molecule has 0 aromatic rings. The number of likely N-dealkylation sites (tertiary alicyclic amines) is 1. The Morgan fingerprint density at radius 2 is 2.23 bits per heavy atom. The molecule has 0 amide bonds. The summed E-state index contributed by atoms with van der Waals surface area (Å²) in [7, 11) is 2.31. The molecule has 3 unspecified atom stereocenters. The van der Waals surface area contributed by atoms with Crippen molar-refractivity contribution in [3.05, 3.63) is 12.2 Å². The van der Waals surface area contributed by atoms with Gasteiger partial charge in [-0.05, 0) is 45.6 Å². The lowest BCUT2D eigenvalue weighted by atomic mass is 9.75. The van der Waals surface area contributed by atoms with Crippen molar-refractivity contribution < 1.29 is 0 Å². The maximum absolute atomic E-state index is 2.63. The van der Waals surface area contributed by atoms with Crippen LogP contribution in [0, 0.1) is 5.92 Å². The van der Waals surface area contributed by atoms with E-state index in [0.717, 1.165) is 12.0 Å². The highest BCUT2D eigenvalue weighted by molar-refractivity contribution is 5.12. The van der Waals surface area contributed by atoms with Crippen LogP contribution in [0.3, 0.4) is 0 Å². The Bertz CT molecular complexity index is 221. The third kappa shape index (κ3) is 1.17. The molecule has 2 rings (SSSR count). The highest BCUT2D eigenvalue weighted by atomic mass is 15.2. The molecule has 0 N–H and O–H groups in total. The SMILES string of the molecule is CCC12CC=CCC1CC(C)N2C. The third-order valence-corrected chi connectivity index (χ3v) is 4.42. The predicted molar refractivity (Wildman–Crippen MR) is 56.7 cm³/mol. The van der Waals surface area contributed by atoms with E-state index in [1.807, 2.05) is 0 Å². The molecule has 0 saturated carbocycles. The molecular formula is C12H21N. The Hall–Kier alpha value is -0.300. The van der Waals surface area contributed by atoms with Crippen LogP contribution in [0.5, 0.6) is 0 Å². The van der Waals surface area contributed by atoms with Crippen LogP contribution in [0.4, 0.5) is 0 Å². The Morgan fingerprint density at radius 3 is 2.85 bits per heavy atom. The largest absolute Gasteiger partial charge is 0.297 e. The van der Waals surface area contributed by atoms with Crippen LogP contribution in [-0.4, -0.2) is 23.5 Å². The molecular weight excluding hydrogens is 158 g/mol. The highest BCUT2D eigenvalue weighted by Crippen LogP contribution is 2.46. The first-order chi connectivity index (χ1) is 6.20. The lowest BCUT2D eigenvalue weighted by molar-refractivity contribution is 0.100. The second kappa shape index (κ2) is 3.13. The van der Waals surface area contributed by atoms with Crippen LogP contribution in [0.25, 0.3) is 0 Å². The van der Waals surface area contributed by atoms with Gasteiger partial charge in [0.25, 0.3) is 0 Å². The van der Waals surface area contributed by atoms with Crippen molar-refractivity contribution in [2.45, 2.75) is 51.1 Å². The lowest BCUT2D eigenvalue weighted by Crippen LogP contribution is -2.47. The van der Waals surface area contributed by atoms with Crippen LogP contribution < -0.4 is 0 Å².